The van der Waals surface area contributed by atoms with Gasteiger partial charge in [-0.05, 0) is 86.8 Å². The van der Waals surface area contributed by atoms with Crippen LogP contribution in [-0.4, -0.2) is 147 Å². The minimum atomic E-state index is -1.66. The number of aliphatic hydroxyl groups excluding tert-OH is 2. The van der Waals surface area contributed by atoms with Crippen molar-refractivity contribution in [3.63, 3.8) is 0 Å². The predicted octanol–water partition coefficient (Wildman–Crippen LogP) is 0.984. The monoisotopic (exact) mass is 828 g/mol. The van der Waals surface area contributed by atoms with Crippen LogP contribution in [0.1, 0.15) is 73.3 Å². The van der Waals surface area contributed by atoms with Crippen molar-refractivity contribution < 1.29 is 68.2 Å². The fraction of sp³-hybridized carbons (Fsp3) is 0.757. The molecule has 3 fully saturated rings. The van der Waals surface area contributed by atoms with Crippen LogP contribution >= 0.6 is 0 Å². The van der Waals surface area contributed by atoms with E-state index in [0.717, 1.165) is 0 Å². The number of hydrogen-bond donors (Lipinski definition) is 9. The number of nitrogens with one attached hydrogen (secondary N) is 4. The number of aliphatic hydroxyl groups is 3. The fourth-order valence-corrected chi connectivity index (χ4v) is 7.35. The Balaban J connectivity index is 1.68. The van der Waals surface area contributed by atoms with Crippen LogP contribution in [0.15, 0.2) is 24.3 Å². The third kappa shape index (κ3) is 12.8. The fourth-order valence-electron chi connectivity index (χ4n) is 7.35. The predicted molar refractivity (Wildman–Crippen MR) is 204 cm³/mol. The maximum Gasteiger partial charge on any atom is 0.408 e. The molecule has 2 heterocycles. The molecule has 328 valence electrons. The Morgan fingerprint density at radius 2 is 1.52 bits per heavy atom. The van der Waals surface area contributed by atoms with Crippen molar-refractivity contribution in [1.82, 2.24) is 21.3 Å². The maximum absolute atomic E-state index is 13.1. The van der Waals surface area contributed by atoms with Crippen molar-refractivity contribution in [3.05, 3.63) is 39.9 Å². The molecule has 1 aliphatic carbocycles. The molecule has 58 heavy (non-hydrogen) atoms. The number of hydrogen-bond acceptors (Lipinski definition) is 16. The van der Waals surface area contributed by atoms with Gasteiger partial charge in [0.05, 0.1) is 41.8 Å². The summed E-state index contributed by atoms with van der Waals surface area (Å²) in [4.78, 5) is 48.9. The van der Waals surface area contributed by atoms with Gasteiger partial charge in [0.25, 0.3) is 5.69 Å². The number of amides is 3. The van der Waals surface area contributed by atoms with Crippen molar-refractivity contribution >= 4 is 24.0 Å². The van der Waals surface area contributed by atoms with Gasteiger partial charge in [0.2, 0.25) is 0 Å². The van der Waals surface area contributed by atoms with Crippen LogP contribution < -0.4 is 27.0 Å². The molecule has 0 radical (unpaired) electrons. The van der Waals surface area contributed by atoms with E-state index in [-0.39, 0.29) is 38.0 Å². The van der Waals surface area contributed by atoms with Crippen molar-refractivity contribution in [2.24, 2.45) is 5.73 Å². The van der Waals surface area contributed by atoms with E-state index >= 15 is 0 Å². The van der Waals surface area contributed by atoms with Crippen LogP contribution in [0.3, 0.4) is 0 Å². The number of carboxylic acid groups (broad SMARTS) is 1. The molecule has 21 nitrogen and oxygen atoms in total. The third-order valence-corrected chi connectivity index (χ3v) is 9.91. The summed E-state index contributed by atoms with van der Waals surface area (Å²) in [6.45, 7) is 11.3. The van der Waals surface area contributed by atoms with Gasteiger partial charge in [-0.1, -0.05) is 12.1 Å². The van der Waals surface area contributed by atoms with Crippen LogP contribution in [0.2, 0.25) is 0 Å². The Bertz CT molecular complexity index is 1570. The van der Waals surface area contributed by atoms with E-state index in [1.165, 1.54) is 31.2 Å². The zero-order chi connectivity index (χ0) is 43.3. The lowest BCUT2D eigenvalue weighted by Gasteiger charge is -2.49. The van der Waals surface area contributed by atoms with Crippen molar-refractivity contribution in [1.29, 1.82) is 0 Å². The number of ether oxygens (including phenoxy) is 6. The molecule has 2 saturated heterocycles. The zero-order valence-corrected chi connectivity index (χ0v) is 34.1. The van der Waals surface area contributed by atoms with Gasteiger partial charge in [0.15, 0.2) is 12.6 Å². The molecular formula is C37H60N6O15. The lowest BCUT2D eigenvalue weighted by Crippen LogP contribution is -2.69. The second kappa shape index (κ2) is 19.0. The highest BCUT2D eigenvalue weighted by Crippen LogP contribution is 2.34. The normalized spacial score (nSPS) is 33.6. The number of non-ortho nitro benzene ring substituents is 1. The van der Waals surface area contributed by atoms with E-state index in [9.17, 15) is 44.9 Å². The molecule has 3 aliphatic rings. The molecular weight excluding hydrogens is 768 g/mol. The maximum atomic E-state index is 13.1. The van der Waals surface area contributed by atoms with Crippen LogP contribution in [0, 0.1) is 10.1 Å². The van der Waals surface area contributed by atoms with Crippen LogP contribution in [0.25, 0.3) is 0 Å². The quantitative estimate of drug-likeness (QED) is 0.105. The van der Waals surface area contributed by atoms with Gasteiger partial charge >= 0.3 is 18.3 Å². The first-order valence-electron chi connectivity index (χ1n) is 19.2. The van der Waals surface area contributed by atoms with Crippen molar-refractivity contribution in [2.45, 2.75) is 164 Å². The van der Waals surface area contributed by atoms with E-state index in [2.05, 4.69) is 21.3 Å². The number of rotatable bonds is 12. The third-order valence-electron chi connectivity index (χ3n) is 9.91. The first-order chi connectivity index (χ1) is 26.9. The Labute approximate surface area is 336 Å². The van der Waals surface area contributed by atoms with E-state index < -0.39 is 113 Å². The number of carbonyl (C=O) groups is 3. The molecule has 1 unspecified atom stereocenters. The van der Waals surface area contributed by atoms with E-state index in [1.807, 2.05) is 0 Å². The summed E-state index contributed by atoms with van der Waals surface area (Å²) in [7, 11) is 1.55. The largest absolute Gasteiger partial charge is 0.465 e. The Kier molecular flexibility index (Phi) is 15.3. The highest BCUT2D eigenvalue weighted by atomic mass is 16.7. The minimum absolute atomic E-state index is 0.0513. The van der Waals surface area contributed by atoms with Gasteiger partial charge < -0.3 is 75.8 Å². The van der Waals surface area contributed by atoms with Crippen molar-refractivity contribution in [2.75, 3.05) is 13.7 Å². The van der Waals surface area contributed by atoms with Gasteiger partial charge in [-0.3, -0.25) is 10.1 Å². The number of alkyl carbamates (subject to hydrolysis) is 2. The van der Waals surface area contributed by atoms with Gasteiger partial charge in [0, 0.05) is 18.2 Å². The number of nitro groups is 1. The summed E-state index contributed by atoms with van der Waals surface area (Å²) in [6.07, 6.45) is -12.1. The molecule has 0 bridgehead atoms. The molecule has 1 aromatic rings. The lowest BCUT2D eigenvalue weighted by atomic mass is 9.83. The smallest absolute Gasteiger partial charge is 0.408 e. The van der Waals surface area contributed by atoms with Gasteiger partial charge in [-0.2, -0.15) is 0 Å². The average Bonchev–Trinajstić information content (AvgIpc) is 3.08. The lowest BCUT2D eigenvalue weighted by molar-refractivity contribution is -0.384. The molecule has 4 rings (SSSR count). The van der Waals surface area contributed by atoms with Gasteiger partial charge in [-0.15, -0.1) is 0 Å². The standard InChI is InChI=1S/C37H60N6O15/c1-35(2,3)57-33(48)41-21-13-14-24(22(40-32(46)47)15-18-9-11-19(12-10-18)43(51)52)54-30(21)56-28-23(42-34(49)58-36(4,5)6)16-20(38)27(25(28)44)55-31-26(45)29(39-8)37(7,50)17-53-31/h9-12,20-31,39-40,44-45,50H,13-17,38H2,1-8H3,(H,41,48)(H,42,49)(H,46,47)/t20-,21-,22?,23+,24+,25-,26-,27+,28-,29-,30-,31-,37+/m1/s1. The minimum Gasteiger partial charge on any atom is -0.465 e. The molecule has 1 aromatic carbocycles. The molecule has 10 N–H and O–H groups in total. The molecule has 0 aromatic heterocycles. The number of benzene rings is 1. The summed E-state index contributed by atoms with van der Waals surface area (Å²) in [6, 6.07) is 0.803. The molecule has 1 saturated carbocycles. The molecule has 13 atom stereocenters. The number of carbonyl (C=O) groups excluding carboxylic acids is 2. The van der Waals surface area contributed by atoms with Crippen LogP contribution in [-0.2, 0) is 34.8 Å². The highest BCUT2D eigenvalue weighted by Gasteiger charge is 2.52. The number of likely N-dealkylation sites (N-methyl/N-ethyl adjacent to an activating group) is 1. The van der Waals surface area contributed by atoms with Crippen LogP contribution in [0.4, 0.5) is 20.1 Å². The second-order valence-electron chi connectivity index (χ2n) is 17.2. The Hall–Kier alpha value is -3.93. The van der Waals surface area contributed by atoms with E-state index in [4.69, 9.17) is 34.2 Å². The molecule has 2 aliphatic heterocycles. The summed E-state index contributed by atoms with van der Waals surface area (Å²) in [5.41, 5.74) is 3.72. The first kappa shape index (κ1) is 46.8. The molecule has 3 amide bonds. The second-order valence-corrected chi connectivity index (χ2v) is 17.2. The van der Waals surface area contributed by atoms with Gasteiger partial charge in [-0.25, -0.2) is 14.4 Å². The number of nitro benzene ring substituents is 1. The van der Waals surface area contributed by atoms with Gasteiger partial charge in [0.1, 0.15) is 41.2 Å². The number of nitrogens with zero attached hydrogens (tertiary/aromatic N) is 1. The summed E-state index contributed by atoms with van der Waals surface area (Å²) < 4.78 is 35.7. The zero-order valence-electron chi connectivity index (χ0n) is 34.1. The average molecular weight is 829 g/mol. The first-order valence-corrected chi connectivity index (χ1v) is 19.2. The van der Waals surface area contributed by atoms with Crippen LogP contribution in [0.5, 0.6) is 0 Å². The topological polar surface area (TPSA) is 305 Å². The highest BCUT2D eigenvalue weighted by molar-refractivity contribution is 5.68. The Morgan fingerprint density at radius 3 is 2.05 bits per heavy atom. The molecule has 0 spiro atoms. The summed E-state index contributed by atoms with van der Waals surface area (Å²) >= 11 is 0. The Morgan fingerprint density at radius 1 is 0.948 bits per heavy atom. The summed E-state index contributed by atoms with van der Waals surface area (Å²) in [5, 5.41) is 65.7. The van der Waals surface area contributed by atoms with Crippen molar-refractivity contribution in [3.8, 4) is 0 Å². The molecule has 21 heteroatoms. The summed E-state index contributed by atoms with van der Waals surface area (Å²) in [5.74, 6) is 0. The van der Waals surface area contributed by atoms with E-state index in [0.29, 0.717) is 5.56 Å². The van der Waals surface area contributed by atoms with E-state index in [1.54, 1.807) is 48.6 Å². The SMILES string of the molecule is CN[C@@H]1[C@@H](O)[C@@H](O[C@@H]2[C@@H](O)[C@H](O[C@H]3O[C@H](C(Cc4ccc([N+](=O)[O-])cc4)NC(=O)O)CC[C@H]3NC(=O)OC(C)(C)C)[C@@H](NC(=O)OC(C)(C)C)C[C@H]2N)OC[C@]1(C)O. The number of nitrogens with two attached hydrogens (primary N) is 1.